The number of aromatic nitrogens is 2. The highest BCUT2D eigenvalue weighted by atomic mass is 32.2. The minimum atomic E-state index is -3.06. The summed E-state index contributed by atoms with van der Waals surface area (Å²) in [7, 11) is -3.06. The van der Waals surface area contributed by atoms with Crippen molar-refractivity contribution in [2.75, 3.05) is 27.9 Å². The minimum absolute atomic E-state index is 0.0322. The summed E-state index contributed by atoms with van der Waals surface area (Å²) in [6.07, 6.45) is 7.56. The van der Waals surface area contributed by atoms with Gasteiger partial charge in [0.15, 0.2) is 9.84 Å². The number of rotatable bonds is 5. The van der Waals surface area contributed by atoms with Gasteiger partial charge in [0.2, 0.25) is 5.91 Å². The monoisotopic (exact) mass is 486 g/mol. The maximum Gasteiger partial charge on any atom is 0.411 e. The summed E-state index contributed by atoms with van der Waals surface area (Å²) in [6.45, 7) is 2.09. The maximum absolute atomic E-state index is 13.1. The highest BCUT2D eigenvalue weighted by Gasteiger charge is 2.36. The predicted molar refractivity (Wildman–Crippen MR) is 129 cm³/mol. The average molecular weight is 487 g/mol. The van der Waals surface area contributed by atoms with E-state index in [1.165, 1.54) is 17.7 Å². The number of carboxylic acid groups (broad SMARTS) is 1. The zero-order valence-corrected chi connectivity index (χ0v) is 20.1. The molecule has 3 aliphatic rings. The molecule has 2 fully saturated rings. The van der Waals surface area contributed by atoms with Crippen LogP contribution < -0.4 is 9.80 Å². The Labute approximate surface area is 199 Å². The first kappa shape index (κ1) is 22.9. The van der Waals surface area contributed by atoms with Crippen molar-refractivity contribution in [3.8, 4) is 11.1 Å². The fraction of sp³-hybridized carbons (Fsp3) is 0.542. The number of nitrogens with zero attached hydrogens (tertiary/aromatic N) is 4. The molecule has 3 heterocycles. The van der Waals surface area contributed by atoms with Crippen molar-refractivity contribution in [1.29, 1.82) is 0 Å². The standard InChI is InChI=1S/C24H30N4O5S/c1-16-13-26(24(30)31)22-11-18(7-8-21(22)28(16)23(29)9-6-17-4-5-17)19-12-25-27(14-19)20-3-2-10-34(32,33)15-20/h7-8,11-12,14,16-17,20H,2-6,9-10,13,15H2,1H3,(H,30,31)/t16-,20-/m0/s1. The molecule has 182 valence electrons. The highest BCUT2D eigenvalue weighted by molar-refractivity contribution is 7.91. The number of hydrogen-bond donors (Lipinski definition) is 1. The van der Waals surface area contributed by atoms with Crippen LogP contribution in [0.3, 0.4) is 0 Å². The first-order valence-electron chi connectivity index (χ1n) is 11.9. The second kappa shape index (κ2) is 8.72. The summed E-state index contributed by atoms with van der Waals surface area (Å²) < 4.78 is 25.8. The summed E-state index contributed by atoms with van der Waals surface area (Å²) in [5, 5.41) is 14.3. The van der Waals surface area contributed by atoms with E-state index in [0.29, 0.717) is 30.1 Å². The molecule has 0 unspecified atom stereocenters. The van der Waals surface area contributed by atoms with E-state index in [4.69, 9.17) is 0 Å². The van der Waals surface area contributed by atoms with Crippen LogP contribution in [0.15, 0.2) is 30.6 Å². The molecule has 1 aromatic heterocycles. The topological polar surface area (TPSA) is 113 Å². The van der Waals surface area contributed by atoms with Gasteiger partial charge in [-0.15, -0.1) is 0 Å². The summed E-state index contributed by atoms with van der Waals surface area (Å²) in [5.74, 6) is 0.991. The van der Waals surface area contributed by atoms with Gasteiger partial charge in [-0.25, -0.2) is 13.2 Å². The number of hydrogen-bond acceptors (Lipinski definition) is 5. The van der Waals surface area contributed by atoms with Gasteiger partial charge in [0.05, 0.1) is 41.2 Å². The SMILES string of the molecule is C[C@H]1CN(C(=O)O)c2cc(-c3cnn([C@H]4CCCS(=O)(=O)C4)c3)ccc2N1C(=O)CCC1CC1. The molecule has 1 saturated heterocycles. The van der Waals surface area contributed by atoms with Crippen LogP contribution in [0.25, 0.3) is 11.1 Å². The third kappa shape index (κ3) is 4.55. The lowest BCUT2D eigenvalue weighted by Gasteiger charge is -2.40. The summed E-state index contributed by atoms with van der Waals surface area (Å²) in [4.78, 5) is 28.1. The zero-order chi connectivity index (χ0) is 24.0. The Hall–Kier alpha value is -2.88. The van der Waals surface area contributed by atoms with Crippen molar-refractivity contribution in [2.45, 2.75) is 57.5 Å². The zero-order valence-electron chi connectivity index (χ0n) is 19.3. The fourth-order valence-electron chi connectivity index (χ4n) is 5.11. The van der Waals surface area contributed by atoms with E-state index in [2.05, 4.69) is 5.10 Å². The molecule has 1 aromatic carbocycles. The van der Waals surface area contributed by atoms with Crippen LogP contribution in [0.1, 0.15) is 51.5 Å². The minimum Gasteiger partial charge on any atom is -0.465 e. The number of anilines is 2. The smallest absolute Gasteiger partial charge is 0.411 e. The molecule has 0 bridgehead atoms. The van der Waals surface area contributed by atoms with Crippen molar-refractivity contribution in [1.82, 2.24) is 9.78 Å². The van der Waals surface area contributed by atoms with Gasteiger partial charge in [0.1, 0.15) is 0 Å². The molecule has 10 heteroatoms. The van der Waals surface area contributed by atoms with Crippen LogP contribution in [-0.4, -0.2) is 59.4 Å². The Morgan fingerprint density at radius 3 is 2.65 bits per heavy atom. The molecule has 2 aliphatic heterocycles. The molecule has 0 spiro atoms. The van der Waals surface area contributed by atoms with Gasteiger partial charge < -0.3 is 10.0 Å². The van der Waals surface area contributed by atoms with Gasteiger partial charge in [-0.2, -0.15) is 5.10 Å². The highest BCUT2D eigenvalue weighted by Crippen LogP contribution is 2.40. The molecular formula is C24H30N4O5S. The van der Waals surface area contributed by atoms with Gasteiger partial charge >= 0.3 is 6.09 Å². The third-order valence-corrected chi connectivity index (χ3v) is 8.93. The quantitative estimate of drug-likeness (QED) is 0.689. The van der Waals surface area contributed by atoms with Crippen molar-refractivity contribution < 1.29 is 23.1 Å². The van der Waals surface area contributed by atoms with E-state index in [-0.39, 0.29) is 36.0 Å². The molecule has 9 nitrogen and oxygen atoms in total. The van der Waals surface area contributed by atoms with Crippen LogP contribution in [0, 0.1) is 5.92 Å². The van der Waals surface area contributed by atoms with E-state index in [1.54, 1.807) is 21.8 Å². The largest absolute Gasteiger partial charge is 0.465 e. The van der Waals surface area contributed by atoms with Gasteiger partial charge in [0.25, 0.3) is 0 Å². The average Bonchev–Trinajstić information content (AvgIpc) is 3.49. The van der Waals surface area contributed by atoms with Crippen LogP contribution in [0.2, 0.25) is 0 Å². The van der Waals surface area contributed by atoms with E-state index in [0.717, 1.165) is 24.0 Å². The summed E-state index contributed by atoms with van der Waals surface area (Å²) >= 11 is 0. The molecule has 5 rings (SSSR count). The van der Waals surface area contributed by atoms with E-state index < -0.39 is 15.9 Å². The van der Waals surface area contributed by atoms with Crippen molar-refractivity contribution in [3.63, 3.8) is 0 Å². The Morgan fingerprint density at radius 2 is 1.94 bits per heavy atom. The molecule has 2 aromatic rings. The van der Waals surface area contributed by atoms with Gasteiger partial charge in [-0.05, 0) is 49.8 Å². The van der Waals surface area contributed by atoms with Crippen LogP contribution >= 0.6 is 0 Å². The Morgan fingerprint density at radius 1 is 1.15 bits per heavy atom. The van der Waals surface area contributed by atoms with Crippen molar-refractivity contribution >= 4 is 33.2 Å². The fourth-order valence-corrected chi connectivity index (χ4v) is 6.79. The van der Waals surface area contributed by atoms with Crippen LogP contribution in [0.4, 0.5) is 16.2 Å². The Kier molecular flexibility index (Phi) is 5.87. The van der Waals surface area contributed by atoms with Gasteiger partial charge in [0, 0.05) is 24.7 Å². The van der Waals surface area contributed by atoms with Crippen LogP contribution in [0.5, 0.6) is 0 Å². The molecule has 2 atom stereocenters. The molecule has 2 amide bonds. The molecule has 34 heavy (non-hydrogen) atoms. The molecular weight excluding hydrogens is 456 g/mol. The number of amides is 2. The summed E-state index contributed by atoms with van der Waals surface area (Å²) in [5.41, 5.74) is 2.64. The molecule has 1 saturated carbocycles. The number of sulfone groups is 1. The van der Waals surface area contributed by atoms with E-state index >= 15 is 0 Å². The second-order valence-electron chi connectivity index (χ2n) is 9.81. The number of benzene rings is 1. The Bertz CT molecular complexity index is 1220. The lowest BCUT2D eigenvalue weighted by Crippen LogP contribution is -2.51. The van der Waals surface area contributed by atoms with Crippen molar-refractivity contribution in [2.24, 2.45) is 5.92 Å². The maximum atomic E-state index is 13.1. The first-order chi connectivity index (χ1) is 16.2. The number of fused-ring (bicyclic) bond motifs is 1. The van der Waals surface area contributed by atoms with Gasteiger partial charge in [-0.3, -0.25) is 14.4 Å². The van der Waals surface area contributed by atoms with E-state index in [9.17, 15) is 23.1 Å². The lowest BCUT2D eigenvalue weighted by atomic mass is 10.0. The normalized spacial score (nSPS) is 24.0. The predicted octanol–water partition coefficient (Wildman–Crippen LogP) is 3.71. The Balaban J connectivity index is 1.45. The number of carbonyl (C=O) groups is 2. The molecule has 0 radical (unpaired) electrons. The van der Waals surface area contributed by atoms with Gasteiger partial charge in [-0.1, -0.05) is 18.9 Å². The number of carbonyl (C=O) groups excluding carboxylic acids is 1. The lowest BCUT2D eigenvalue weighted by molar-refractivity contribution is -0.119. The molecule has 1 aliphatic carbocycles. The van der Waals surface area contributed by atoms with Crippen LogP contribution in [-0.2, 0) is 14.6 Å². The second-order valence-corrected chi connectivity index (χ2v) is 12.0. The summed E-state index contributed by atoms with van der Waals surface area (Å²) in [6, 6.07) is 5.03. The van der Waals surface area contributed by atoms with E-state index in [1.807, 2.05) is 25.3 Å². The molecule has 1 N–H and O–H groups in total. The first-order valence-corrected chi connectivity index (χ1v) is 13.8. The van der Waals surface area contributed by atoms with Crippen molar-refractivity contribution in [3.05, 3.63) is 30.6 Å². The third-order valence-electron chi connectivity index (χ3n) is 7.12.